The van der Waals surface area contributed by atoms with Crippen molar-refractivity contribution in [1.82, 2.24) is 15.1 Å². The van der Waals surface area contributed by atoms with Gasteiger partial charge in [-0.05, 0) is 19.1 Å². The van der Waals surface area contributed by atoms with E-state index in [1.54, 1.807) is 13.0 Å². The van der Waals surface area contributed by atoms with Crippen molar-refractivity contribution < 1.29 is 27.2 Å². The van der Waals surface area contributed by atoms with Gasteiger partial charge in [0.2, 0.25) is 0 Å². The molecule has 1 aromatic heterocycles. The topological polar surface area (TPSA) is 65.8 Å². The number of carbonyl (C=O) groups excluding carboxylic acids is 2. The number of hydrogen-bond acceptors (Lipinski definition) is 3. The number of alkyl halides is 3. The summed E-state index contributed by atoms with van der Waals surface area (Å²) in [6, 6.07) is 1.96. The molecule has 0 radical (unpaired) electrons. The molecule has 1 fully saturated rings. The molecule has 122 valence electrons. The van der Waals surface area contributed by atoms with Gasteiger partial charge in [-0.25, -0.2) is 4.79 Å². The summed E-state index contributed by atoms with van der Waals surface area (Å²) in [5, 5.41) is 1.83. The highest BCUT2D eigenvalue weighted by atomic mass is 19.4. The number of nitrogens with one attached hydrogen (secondary N) is 1. The fourth-order valence-electron chi connectivity index (χ4n) is 2.28. The Kier molecular flexibility index (Phi) is 4.62. The van der Waals surface area contributed by atoms with Crippen molar-refractivity contribution in [3.05, 3.63) is 24.2 Å². The van der Waals surface area contributed by atoms with E-state index < -0.39 is 18.8 Å². The van der Waals surface area contributed by atoms with Crippen LogP contribution in [0.25, 0.3) is 0 Å². The van der Waals surface area contributed by atoms with E-state index in [1.807, 2.05) is 5.32 Å². The van der Waals surface area contributed by atoms with Gasteiger partial charge in [-0.15, -0.1) is 0 Å². The zero-order valence-corrected chi connectivity index (χ0v) is 11.9. The number of carbonyl (C=O) groups is 2. The van der Waals surface area contributed by atoms with Crippen molar-refractivity contribution in [2.75, 3.05) is 26.2 Å². The van der Waals surface area contributed by atoms with Crippen molar-refractivity contribution in [3.63, 3.8) is 0 Å². The first-order valence-electron chi connectivity index (χ1n) is 6.72. The number of nitrogens with zero attached hydrogens (tertiary/aromatic N) is 2. The van der Waals surface area contributed by atoms with Crippen molar-refractivity contribution >= 4 is 11.9 Å². The third kappa shape index (κ3) is 3.92. The van der Waals surface area contributed by atoms with Crippen LogP contribution >= 0.6 is 0 Å². The molecule has 3 amide bonds. The predicted octanol–water partition coefficient (Wildman–Crippen LogP) is 1.70. The normalized spacial score (nSPS) is 19.2. The standard InChI is InChI=1S/C13H16F3N3O3/c1-9-7-18(11(20)10-3-2-6-22-10)4-5-19(9)12(21)17-8-13(14,15)16/h2-3,6,9H,4-5,7-8H2,1H3,(H,17,21)/t9-/m1/s1. The molecule has 1 aliphatic rings. The second-order valence-electron chi connectivity index (χ2n) is 5.04. The van der Waals surface area contributed by atoms with Crippen LogP contribution in [0.2, 0.25) is 0 Å². The van der Waals surface area contributed by atoms with E-state index in [9.17, 15) is 22.8 Å². The molecule has 6 nitrogen and oxygen atoms in total. The molecular formula is C13H16F3N3O3. The molecule has 1 N–H and O–H groups in total. The first-order chi connectivity index (χ1) is 10.3. The zero-order chi connectivity index (χ0) is 16.3. The van der Waals surface area contributed by atoms with Crippen LogP contribution in [0.3, 0.4) is 0 Å². The quantitative estimate of drug-likeness (QED) is 0.902. The van der Waals surface area contributed by atoms with Crippen molar-refractivity contribution in [1.29, 1.82) is 0 Å². The maximum absolute atomic E-state index is 12.1. The van der Waals surface area contributed by atoms with Crippen LogP contribution in [0.15, 0.2) is 22.8 Å². The van der Waals surface area contributed by atoms with E-state index in [-0.39, 0.29) is 37.3 Å². The minimum Gasteiger partial charge on any atom is -0.459 e. The van der Waals surface area contributed by atoms with E-state index in [2.05, 4.69) is 0 Å². The highest BCUT2D eigenvalue weighted by Gasteiger charge is 2.33. The number of rotatable bonds is 2. The van der Waals surface area contributed by atoms with Gasteiger partial charge in [-0.3, -0.25) is 4.79 Å². The van der Waals surface area contributed by atoms with Crippen LogP contribution in [0.5, 0.6) is 0 Å². The second-order valence-corrected chi connectivity index (χ2v) is 5.04. The van der Waals surface area contributed by atoms with Crippen LogP contribution in [-0.2, 0) is 0 Å². The summed E-state index contributed by atoms with van der Waals surface area (Å²) < 4.78 is 41.4. The largest absolute Gasteiger partial charge is 0.459 e. The number of amides is 3. The Hall–Kier alpha value is -2.19. The van der Waals surface area contributed by atoms with Gasteiger partial charge in [0.1, 0.15) is 6.54 Å². The zero-order valence-electron chi connectivity index (χ0n) is 11.9. The molecule has 22 heavy (non-hydrogen) atoms. The van der Waals surface area contributed by atoms with Gasteiger partial charge >= 0.3 is 12.2 Å². The molecular weight excluding hydrogens is 303 g/mol. The lowest BCUT2D eigenvalue weighted by Gasteiger charge is -2.39. The molecule has 2 heterocycles. The smallest absolute Gasteiger partial charge is 0.405 e. The predicted molar refractivity (Wildman–Crippen MR) is 70.2 cm³/mol. The molecule has 1 saturated heterocycles. The van der Waals surface area contributed by atoms with Crippen LogP contribution in [0.1, 0.15) is 17.5 Å². The van der Waals surface area contributed by atoms with Crippen molar-refractivity contribution in [2.24, 2.45) is 0 Å². The molecule has 0 spiro atoms. The molecule has 1 aromatic rings. The van der Waals surface area contributed by atoms with Gasteiger partial charge in [0.25, 0.3) is 5.91 Å². The Bertz CT molecular complexity index is 530. The first-order valence-corrected chi connectivity index (χ1v) is 6.72. The maximum Gasteiger partial charge on any atom is 0.405 e. The molecule has 1 atom stereocenters. The van der Waals surface area contributed by atoms with E-state index in [0.717, 1.165) is 0 Å². The summed E-state index contributed by atoms with van der Waals surface area (Å²) in [5.74, 6) is -0.102. The van der Waals surface area contributed by atoms with Crippen LogP contribution in [0.4, 0.5) is 18.0 Å². The van der Waals surface area contributed by atoms with Crippen molar-refractivity contribution in [3.8, 4) is 0 Å². The van der Waals surface area contributed by atoms with Gasteiger partial charge in [-0.2, -0.15) is 13.2 Å². The highest BCUT2D eigenvalue weighted by Crippen LogP contribution is 2.15. The molecule has 0 aromatic carbocycles. The van der Waals surface area contributed by atoms with Gasteiger partial charge < -0.3 is 19.5 Å². The fourth-order valence-corrected chi connectivity index (χ4v) is 2.28. The molecule has 0 saturated carbocycles. The maximum atomic E-state index is 12.1. The Balaban J connectivity index is 1.90. The molecule has 1 aliphatic heterocycles. The minimum absolute atomic E-state index is 0.164. The number of furan rings is 1. The number of hydrogen-bond donors (Lipinski definition) is 1. The molecule has 0 aliphatic carbocycles. The summed E-state index contributed by atoms with van der Waals surface area (Å²) in [5.41, 5.74) is 0. The van der Waals surface area contributed by atoms with Gasteiger partial charge in [0.15, 0.2) is 5.76 Å². The SMILES string of the molecule is C[C@@H]1CN(C(=O)c2ccco2)CCN1C(=O)NCC(F)(F)F. The molecule has 0 bridgehead atoms. The third-order valence-corrected chi connectivity index (χ3v) is 3.35. The number of piperazine rings is 1. The molecule has 2 rings (SSSR count). The number of urea groups is 1. The summed E-state index contributed by atoms with van der Waals surface area (Å²) in [6.45, 7) is 0.943. The Labute approximate surface area is 124 Å². The summed E-state index contributed by atoms with van der Waals surface area (Å²) in [7, 11) is 0. The monoisotopic (exact) mass is 319 g/mol. The lowest BCUT2D eigenvalue weighted by Crippen LogP contribution is -2.58. The molecule has 0 unspecified atom stereocenters. The Morgan fingerprint density at radius 2 is 2.14 bits per heavy atom. The van der Waals surface area contributed by atoms with E-state index in [4.69, 9.17) is 4.42 Å². The highest BCUT2D eigenvalue weighted by molar-refractivity contribution is 5.91. The first kappa shape index (κ1) is 16.2. The lowest BCUT2D eigenvalue weighted by molar-refractivity contribution is -0.123. The van der Waals surface area contributed by atoms with Gasteiger partial charge in [0, 0.05) is 25.7 Å². The average molecular weight is 319 g/mol. The Morgan fingerprint density at radius 1 is 1.41 bits per heavy atom. The van der Waals surface area contributed by atoms with Crippen LogP contribution in [0, 0.1) is 0 Å². The van der Waals surface area contributed by atoms with E-state index in [0.29, 0.717) is 0 Å². The van der Waals surface area contributed by atoms with Crippen molar-refractivity contribution in [2.45, 2.75) is 19.1 Å². The average Bonchev–Trinajstić information content (AvgIpc) is 2.97. The summed E-state index contributed by atoms with van der Waals surface area (Å²) >= 11 is 0. The number of halogens is 3. The van der Waals surface area contributed by atoms with Gasteiger partial charge in [-0.1, -0.05) is 0 Å². The van der Waals surface area contributed by atoms with Gasteiger partial charge in [0.05, 0.1) is 6.26 Å². The minimum atomic E-state index is -4.45. The van der Waals surface area contributed by atoms with Crippen LogP contribution in [-0.4, -0.2) is 60.1 Å². The Morgan fingerprint density at radius 3 is 2.68 bits per heavy atom. The summed E-state index contributed by atoms with van der Waals surface area (Å²) in [6.07, 6.45) is -3.06. The second kappa shape index (κ2) is 6.29. The van der Waals surface area contributed by atoms with E-state index >= 15 is 0 Å². The fraction of sp³-hybridized carbons (Fsp3) is 0.538. The third-order valence-electron chi connectivity index (χ3n) is 3.35. The van der Waals surface area contributed by atoms with Crippen LogP contribution < -0.4 is 5.32 Å². The molecule has 9 heteroatoms. The lowest BCUT2D eigenvalue weighted by atomic mass is 10.2. The summed E-state index contributed by atoms with van der Waals surface area (Å²) in [4.78, 5) is 26.7. The van der Waals surface area contributed by atoms with E-state index in [1.165, 1.54) is 22.1 Å².